The fraction of sp³-hybridized carbons (Fsp3) is 0.647. The number of nitrogens with zero attached hydrogens (tertiary/aromatic N) is 1. The van der Waals surface area contributed by atoms with E-state index < -0.39 is 0 Å². The van der Waals surface area contributed by atoms with Gasteiger partial charge in [-0.05, 0) is 44.2 Å². The molecule has 1 aromatic rings. The fourth-order valence-electron chi connectivity index (χ4n) is 2.90. The van der Waals surface area contributed by atoms with E-state index in [9.17, 15) is 4.79 Å². The number of aromatic nitrogens is 1. The number of amides is 1. The predicted octanol–water partition coefficient (Wildman–Crippen LogP) is 3.03. The van der Waals surface area contributed by atoms with Crippen molar-refractivity contribution in [3.8, 4) is 5.75 Å². The fourth-order valence-corrected chi connectivity index (χ4v) is 2.90. The number of carbonyl (C=O) groups is 1. The number of ether oxygens (including phenoxy) is 1. The highest BCUT2D eigenvalue weighted by atomic mass is 16.5. The van der Waals surface area contributed by atoms with Crippen molar-refractivity contribution in [3.05, 3.63) is 23.5 Å². The molecule has 4 heteroatoms. The quantitative estimate of drug-likeness (QED) is 0.907. The van der Waals surface area contributed by atoms with Crippen molar-refractivity contribution in [2.45, 2.75) is 58.9 Å². The smallest absolute Gasteiger partial charge is 0.258 e. The molecule has 0 aliphatic heterocycles. The monoisotopic (exact) mass is 290 g/mol. The molecule has 2 atom stereocenters. The molecule has 0 saturated heterocycles. The summed E-state index contributed by atoms with van der Waals surface area (Å²) in [6, 6.07) is 4.12. The van der Waals surface area contributed by atoms with Crippen LogP contribution in [0, 0.1) is 12.8 Å². The molecule has 0 radical (unpaired) electrons. The summed E-state index contributed by atoms with van der Waals surface area (Å²) in [6.45, 7) is 6.28. The molecule has 1 fully saturated rings. The standard InChI is InChI=1S/C17H26N2O2/c1-4-14-16(10-9-13(3)18-14)21-11-17(20)19-15-8-6-5-7-12(15)2/h9-10,12,15H,4-8,11H2,1-3H3,(H,19,20). The Kier molecular flexibility index (Phi) is 5.59. The van der Waals surface area contributed by atoms with E-state index in [1.807, 2.05) is 26.0 Å². The first-order valence-corrected chi connectivity index (χ1v) is 7.98. The summed E-state index contributed by atoms with van der Waals surface area (Å²) in [4.78, 5) is 16.5. The van der Waals surface area contributed by atoms with E-state index >= 15 is 0 Å². The number of pyridine rings is 1. The summed E-state index contributed by atoms with van der Waals surface area (Å²) in [6.07, 6.45) is 5.57. The van der Waals surface area contributed by atoms with Gasteiger partial charge >= 0.3 is 0 Å². The number of aryl methyl sites for hydroxylation is 2. The number of carbonyl (C=O) groups excluding carboxylic acids is 1. The van der Waals surface area contributed by atoms with Crippen LogP contribution in [0.3, 0.4) is 0 Å². The minimum atomic E-state index is -0.0311. The molecule has 116 valence electrons. The molecule has 1 saturated carbocycles. The SMILES string of the molecule is CCc1nc(C)ccc1OCC(=O)NC1CCCCC1C. The summed E-state index contributed by atoms with van der Waals surface area (Å²) >= 11 is 0. The van der Waals surface area contributed by atoms with Crippen molar-refractivity contribution in [2.75, 3.05) is 6.61 Å². The van der Waals surface area contributed by atoms with Crippen molar-refractivity contribution in [3.63, 3.8) is 0 Å². The zero-order chi connectivity index (χ0) is 15.2. The molecule has 0 bridgehead atoms. The first kappa shape index (κ1) is 15.8. The largest absolute Gasteiger partial charge is 0.482 e. The molecule has 2 rings (SSSR count). The second-order valence-corrected chi connectivity index (χ2v) is 5.98. The highest BCUT2D eigenvalue weighted by molar-refractivity contribution is 5.77. The lowest BCUT2D eigenvalue weighted by Gasteiger charge is -2.29. The van der Waals surface area contributed by atoms with Gasteiger partial charge in [0.2, 0.25) is 0 Å². The van der Waals surface area contributed by atoms with E-state index in [0.29, 0.717) is 12.0 Å². The minimum Gasteiger partial charge on any atom is -0.482 e. The molecular weight excluding hydrogens is 264 g/mol. The van der Waals surface area contributed by atoms with Gasteiger partial charge in [0.1, 0.15) is 5.75 Å². The summed E-state index contributed by atoms with van der Waals surface area (Å²) in [5, 5.41) is 3.10. The summed E-state index contributed by atoms with van der Waals surface area (Å²) in [7, 11) is 0. The van der Waals surface area contributed by atoms with Crippen molar-refractivity contribution in [1.29, 1.82) is 0 Å². The number of nitrogens with one attached hydrogen (secondary N) is 1. The highest BCUT2D eigenvalue weighted by Crippen LogP contribution is 2.23. The highest BCUT2D eigenvalue weighted by Gasteiger charge is 2.22. The molecular formula is C17H26N2O2. The van der Waals surface area contributed by atoms with Gasteiger partial charge < -0.3 is 10.1 Å². The number of hydrogen-bond acceptors (Lipinski definition) is 3. The first-order chi connectivity index (χ1) is 10.1. The summed E-state index contributed by atoms with van der Waals surface area (Å²) < 4.78 is 5.65. The van der Waals surface area contributed by atoms with E-state index in [1.165, 1.54) is 19.3 Å². The average molecular weight is 290 g/mol. The number of hydrogen-bond donors (Lipinski definition) is 1. The van der Waals surface area contributed by atoms with Crippen LogP contribution in [-0.4, -0.2) is 23.5 Å². The molecule has 2 unspecified atom stereocenters. The van der Waals surface area contributed by atoms with Crippen molar-refractivity contribution < 1.29 is 9.53 Å². The van der Waals surface area contributed by atoms with Crippen LogP contribution in [0.4, 0.5) is 0 Å². The van der Waals surface area contributed by atoms with Gasteiger partial charge in [0, 0.05) is 11.7 Å². The molecule has 21 heavy (non-hydrogen) atoms. The van der Waals surface area contributed by atoms with Gasteiger partial charge in [-0.3, -0.25) is 9.78 Å². The first-order valence-electron chi connectivity index (χ1n) is 7.98. The topological polar surface area (TPSA) is 51.2 Å². The van der Waals surface area contributed by atoms with Gasteiger partial charge in [0.05, 0.1) is 5.69 Å². The van der Waals surface area contributed by atoms with Crippen LogP contribution in [0.15, 0.2) is 12.1 Å². The molecule has 0 aromatic carbocycles. The van der Waals surface area contributed by atoms with E-state index in [-0.39, 0.29) is 12.5 Å². The zero-order valence-corrected chi connectivity index (χ0v) is 13.3. The van der Waals surface area contributed by atoms with Gasteiger partial charge in [-0.25, -0.2) is 0 Å². The Morgan fingerprint density at radius 2 is 2.14 bits per heavy atom. The Labute approximate surface area is 127 Å². The molecule has 4 nitrogen and oxygen atoms in total. The van der Waals surface area contributed by atoms with E-state index in [1.54, 1.807) is 0 Å². The molecule has 0 spiro atoms. The number of rotatable bonds is 5. The third-order valence-electron chi connectivity index (χ3n) is 4.22. The lowest BCUT2D eigenvalue weighted by atomic mass is 9.86. The van der Waals surface area contributed by atoms with Crippen LogP contribution in [0.5, 0.6) is 5.75 Å². The maximum Gasteiger partial charge on any atom is 0.258 e. The molecule has 1 aromatic heterocycles. The maximum atomic E-state index is 12.0. The van der Waals surface area contributed by atoms with Crippen molar-refractivity contribution in [2.24, 2.45) is 5.92 Å². The average Bonchev–Trinajstić information content (AvgIpc) is 2.48. The minimum absolute atomic E-state index is 0.0311. The lowest BCUT2D eigenvalue weighted by Crippen LogP contribution is -2.43. The second-order valence-electron chi connectivity index (χ2n) is 5.98. The Hall–Kier alpha value is -1.58. The Morgan fingerprint density at radius 1 is 1.38 bits per heavy atom. The molecule has 1 heterocycles. The van der Waals surface area contributed by atoms with Gasteiger partial charge in [-0.1, -0.05) is 26.7 Å². The van der Waals surface area contributed by atoms with Gasteiger partial charge in [0.15, 0.2) is 6.61 Å². The summed E-state index contributed by atoms with van der Waals surface area (Å²) in [5.74, 6) is 1.25. The third-order valence-corrected chi connectivity index (χ3v) is 4.22. The van der Waals surface area contributed by atoms with E-state index in [0.717, 1.165) is 30.0 Å². The molecule has 1 amide bonds. The molecule has 1 aliphatic rings. The van der Waals surface area contributed by atoms with Gasteiger partial charge in [-0.15, -0.1) is 0 Å². The second kappa shape index (κ2) is 7.43. The van der Waals surface area contributed by atoms with Crippen molar-refractivity contribution in [1.82, 2.24) is 10.3 Å². The predicted molar refractivity (Wildman–Crippen MR) is 83.4 cm³/mol. The Bertz CT molecular complexity index is 488. The third kappa shape index (κ3) is 4.45. The summed E-state index contributed by atoms with van der Waals surface area (Å²) in [5.41, 5.74) is 1.88. The normalized spacial score (nSPS) is 21.9. The van der Waals surface area contributed by atoms with Crippen LogP contribution in [0.25, 0.3) is 0 Å². The lowest BCUT2D eigenvalue weighted by molar-refractivity contribution is -0.124. The van der Waals surface area contributed by atoms with Crippen molar-refractivity contribution >= 4 is 5.91 Å². The van der Waals surface area contributed by atoms with Crippen LogP contribution < -0.4 is 10.1 Å². The molecule has 1 N–H and O–H groups in total. The van der Waals surface area contributed by atoms with Crippen LogP contribution in [-0.2, 0) is 11.2 Å². The van der Waals surface area contributed by atoms with Crippen LogP contribution >= 0.6 is 0 Å². The maximum absolute atomic E-state index is 12.0. The zero-order valence-electron chi connectivity index (χ0n) is 13.3. The Balaban J connectivity index is 1.86. The van der Waals surface area contributed by atoms with Gasteiger partial charge in [0.25, 0.3) is 5.91 Å². The molecule has 1 aliphatic carbocycles. The van der Waals surface area contributed by atoms with Crippen LogP contribution in [0.2, 0.25) is 0 Å². The van der Waals surface area contributed by atoms with Crippen LogP contribution in [0.1, 0.15) is 50.9 Å². The Morgan fingerprint density at radius 3 is 2.86 bits per heavy atom. The van der Waals surface area contributed by atoms with E-state index in [2.05, 4.69) is 17.2 Å². The van der Waals surface area contributed by atoms with Gasteiger partial charge in [-0.2, -0.15) is 0 Å². The van der Waals surface area contributed by atoms with E-state index in [4.69, 9.17) is 4.74 Å².